The average molecular weight is 399 g/mol. The third kappa shape index (κ3) is 14.2. The molecule has 28 heavy (non-hydrogen) atoms. The van der Waals surface area contributed by atoms with Crippen LogP contribution in [0, 0.1) is 5.92 Å². The second-order valence-corrected chi connectivity index (χ2v) is 7.48. The van der Waals surface area contributed by atoms with Crippen LogP contribution in [0.5, 0.6) is 0 Å². The van der Waals surface area contributed by atoms with Gasteiger partial charge in [0.15, 0.2) is 0 Å². The Bertz CT molecular complexity index is 483. The minimum atomic E-state index is -1.50. The second kappa shape index (κ2) is 17.3. The number of hydrogen-bond donors (Lipinski definition) is 3. The van der Waals surface area contributed by atoms with Gasteiger partial charge in [-0.2, -0.15) is 0 Å². The lowest BCUT2D eigenvalue weighted by Gasteiger charge is -2.11. The van der Waals surface area contributed by atoms with E-state index in [1.807, 2.05) is 0 Å². The fourth-order valence-corrected chi connectivity index (χ4v) is 3.30. The summed E-state index contributed by atoms with van der Waals surface area (Å²) in [7, 11) is 0. The summed E-state index contributed by atoms with van der Waals surface area (Å²) in [5.74, 6) is -5.60. The molecule has 0 bridgehead atoms. The van der Waals surface area contributed by atoms with E-state index in [1.54, 1.807) is 0 Å². The summed E-state index contributed by atoms with van der Waals surface area (Å²) in [5, 5.41) is 27.0. The molecule has 0 aromatic carbocycles. The zero-order valence-corrected chi connectivity index (χ0v) is 17.3. The fourth-order valence-electron chi connectivity index (χ4n) is 3.30. The number of carboxylic acids is 3. The van der Waals surface area contributed by atoms with Crippen molar-refractivity contribution in [2.75, 3.05) is 0 Å². The number of allylic oxidation sites excluding steroid dienone is 1. The van der Waals surface area contributed by atoms with E-state index in [4.69, 9.17) is 10.2 Å². The van der Waals surface area contributed by atoms with Crippen molar-refractivity contribution in [3.05, 3.63) is 11.6 Å². The van der Waals surface area contributed by atoms with E-state index in [9.17, 15) is 19.5 Å². The van der Waals surface area contributed by atoms with Gasteiger partial charge in [-0.1, -0.05) is 90.0 Å². The van der Waals surface area contributed by atoms with E-state index in [-0.39, 0.29) is 5.57 Å². The summed E-state index contributed by atoms with van der Waals surface area (Å²) in [6.45, 7) is 2.23. The summed E-state index contributed by atoms with van der Waals surface area (Å²) in [6, 6.07) is 0. The SMILES string of the molecule is CCCCCCCCCCCCCCCC=C(C(=O)O)C(CC(=O)O)C(=O)O. The van der Waals surface area contributed by atoms with Gasteiger partial charge >= 0.3 is 17.9 Å². The Kier molecular flexibility index (Phi) is 16.1. The summed E-state index contributed by atoms with van der Waals surface area (Å²) in [6.07, 6.45) is 17.0. The van der Waals surface area contributed by atoms with Crippen LogP contribution in [0.4, 0.5) is 0 Å². The standard InChI is InChI=1S/C22H38O6/c1-2-3-4-5-6-7-8-9-10-11-12-13-14-15-16-18(21(25)26)19(22(27)28)17-20(23)24/h16,19H,2-15,17H2,1H3,(H,23,24)(H,25,26)(H,27,28). The van der Waals surface area contributed by atoms with Gasteiger partial charge in [0.2, 0.25) is 0 Å². The molecule has 0 saturated carbocycles. The third-order valence-corrected chi connectivity index (χ3v) is 4.97. The highest BCUT2D eigenvalue weighted by Gasteiger charge is 2.29. The Morgan fingerprint density at radius 1 is 0.714 bits per heavy atom. The number of carbonyl (C=O) groups is 3. The molecular formula is C22H38O6. The molecule has 0 heterocycles. The van der Waals surface area contributed by atoms with Gasteiger partial charge in [-0.3, -0.25) is 9.59 Å². The summed E-state index contributed by atoms with van der Waals surface area (Å²) >= 11 is 0. The number of aliphatic carboxylic acids is 3. The molecule has 3 N–H and O–H groups in total. The number of carboxylic acid groups (broad SMARTS) is 3. The predicted molar refractivity (Wildman–Crippen MR) is 109 cm³/mol. The third-order valence-electron chi connectivity index (χ3n) is 4.97. The molecule has 0 amide bonds. The van der Waals surface area contributed by atoms with Crippen molar-refractivity contribution in [2.24, 2.45) is 5.92 Å². The van der Waals surface area contributed by atoms with Gasteiger partial charge in [0.1, 0.15) is 0 Å². The van der Waals surface area contributed by atoms with E-state index in [0.717, 1.165) is 19.3 Å². The minimum Gasteiger partial charge on any atom is -0.481 e. The van der Waals surface area contributed by atoms with Crippen LogP contribution in [0.1, 0.15) is 103 Å². The lowest BCUT2D eigenvalue weighted by Crippen LogP contribution is -2.24. The fraction of sp³-hybridized carbons (Fsp3) is 0.773. The van der Waals surface area contributed by atoms with Gasteiger partial charge < -0.3 is 15.3 Å². The van der Waals surface area contributed by atoms with Crippen molar-refractivity contribution >= 4 is 17.9 Å². The molecule has 0 rings (SSSR count). The highest BCUT2D eigenvalue weighted by molar-refractivity contribution is 5.95. The maximum Gasteiger partial charge on any atom is 0.332 e. The lowest BCUT2D eigenvalue weighted by atomic mass is 9.94. The van der Waals surface area contributed by atoms with Crippen molar-refractivity contribution in [2.45, 2.75) is 103 Å². The summed E-state index contributed by atoms with van der Waals surface area (Å²) in [5.41, 5.74) is -0.325. The van der Waals surface area contributed by atoms with Crippen LogP contribution in [-0.2, 0) is 14.4 Å². The van der Waals surface area contributed by atoms with Crippen molar-refractivity contribution in [1.82, 2.24) is 0 Å². The lowest BCUT2D eigenvalue weighted by molar-refractivity contribution is -0.148. The maximum atomic E-state index is 11.3. The predicted octanol–water partition coefficient (Wildman–Crippen LogP) is 5.65. The van der Waals surface area contributed by atoms with Crippen LogP contribution in [0.3, 0.4) is 0 Å². The van der Waals surface area contributed by atoms with Gasteiger partial charge in [0.05, 0.1) is 12.3 Å². The van der Waals surface area contributed by atoms with Crippen LogP contribution in [0.25, 0.3) is 0 Å². The molecule has 0 aliphatic heterocycles. The monoisotopic (exact) mass is 398 g/mol. The molecule has 6 heteroatoms. The molecule has 0 fully saturated rings. The Morgan fingerprint density at radius 3 is 1.50 bits per heavy atom. The molecule has 0 radical (unpaired) electrons. The van der Waals surface area contributed by atoms with E-state index in [2.05, 4.69) is 6.92 Å². The second-order valence-electron chi connectivity index (χ2n) is 7.48. The smallest absolute Gasteiger partial charge is 0.332 e. The highest BCUT2D eigenvalue weighted by atomic mass is 16.4. The Hall–Kier alpha value is -1.85. The molecule has 162 valence electrons. The van der Waals surface area contributed by atoms with E-state index >= 15 is 0 Å². The minimum absolute atomic E-state index is 0.325. The van der Waals surface area contributed by atoms with E-state index < -0.39 is 30.2 Å². The largest absolute Gasteiger partial charge is 0.481 e. The molecule has 0 aromatic rings. The molecule has 1 atom stereocenters. The molecule has 0 aliphatic carbocycles. The molecule has 0 aromatic heterocycles. The van der Waals surface area contributed by atoms with Gasteiger partial charge in [-0.25, -0.2) is 4.79 Å². The molecule has 0 aliphatic rings. The Morgan fingerprint density at radius 2 is 1.14 bits per heavy atom. The van der Waals surface area contributed by atoms with Gasteiger partial charge in [0, 0.05) is 5.57 Å². The number of rotatable bonds is 19. The van der Waals surface area contributed by atoms with Gasteiger partial charge in [-0.15, -0.1) is 0 Å². The first-order valence-corrected chi connectivity index (χ1v) is 10.8. The Balaban J connectivity index is 3.89. The van der Waals surface area contributed by atoms with Crippen LogP contribution in [-0.4, -0.2) is 33.2 Å². The first kappa shape index (κ1) is 26.1. The average Bonchev–Trinajstić information content (AvgIpc) is 2.63. The van der Waals surface area contributed by atoms with Crippen LogP contribution in [0.15, 0.2) is 11.6 Å². The van der Waals surface area contributed by atoms with Crippen molar-refractivity contribution in [3.8, 4) is 0 Å². The van der Waals surface area contributed by atoms with Crippen LogP contribution in [0.2, 0.25) is 0 Å². The van der Waals surface area contributed by atoms with Gasteiger partial charge in [0.25, 0.3) is 0 Å². The quantitative estimate of drug-likeness (QED) is 0.191. The van der Waals surface area contributed by atoms with Gasteiger partial charge in [-0.05, 0) is 12.8 Å². The molecule has 0 saturated heterocycles. The normalized spacial score (nSPS) is 12.7. The topological polar surface area (TPSA) is 112 Å². The summed E-state index contributed by atoms with van der Waals surface area (Å²) in [4.78, 5) is 33.2. The number of hydrogen-bond acceptors (Lipinski definition) is 3. The van der Waals surface area contributed by atoms with Crippen LogP contribution < -0.4 is 0 Å². The first-order chi connectivity index (χ1) is 13.4. The zero-order valence-electron chi connectivity index (χ0n) is 17.3. The van der Waals surface area contributed by atoms with E-state index in [0.29, 0.717) is 6.42 Å². The van der Waals surface area contributed by atoms with Crippen molar-refractivity contribution in [3.63, 3.8) is 0 Å². The van der Waals surface area contributed by atoms with Crippen molar-refractivity contribution in [1.29, 1.82) is 0 Å². The maximum absolute atomic E-state index is 11.3. The zero-order chi connectivity index (χ0) is 21.2. The highest BCUT2D eigenvalue weighted by Crippen LogP contribution is 2.19. The molecular weight excluding hydrogens is 360 g/mol. The molecule has 1 unspecified atom stereocenters. The Labute approximate surface area is 169 Å². The van der Waals surface area contributed by atoms with Crippen molar-refractivity contribution < 1.29 is 29.7 Å². The first-order valence-electron chi connectivity index (χ1n) is 10.8. The van der Waals surface area contributed by atoms with E-state index in [1.165, 1.54) is 70.3 Å². The molecule has 6 nitrogen and oxygen atoms in total. The summed E-state index contributed by atoms with van der Waals surface area (Å²) < 4.78 is 0. The molecule has 0 spiro atoms. The number of unbranched alkanes of at least 4 members (excludes halogenated alkanes) is 13. The van der Waals surface area contributed by atoms with Crippen LogP contribution >= 0.6 is 0 Å².